The smallest absolute Gasteiger partial charge is 0.302 e. The maximum Gasteiger partial charge on any atom is 0.302 e. The highest BCUT2D eigenvalue weighted by Crippen LogP contribution is 2.69. The first kappa shape index (κ1) is 23.2. The summed E-state index contributed by atoms with van der Waals surface area (Å²) in [6.07, 6.45) is 10.4. The van der Waals surface area contributed by atoms with Crippen LogP contribution in [-0.2, 0) is 23.8 Å². The van der Waals surface area contributed by atoms with Gasteiger partial charge < -0.3 is 14.2 Å². The van der Waals surface area contributed by atoms with Crippen LogP contribution in [0.25, 0.3) is 0 Å². The van der Waals surface area contributed by atoms with Crippen molar-refractivity contribution < 1.29 is 23.8 Å². The highest BCUT2D eigenvalue weighted by molar-refractivity contribution is 5.97. The molecular formula is C29H42O5. The molecule has 0 radical (unpaired) electrons. The Morgan fingerprint density at radius 2 is 1.88 bits per heavy atom. The molecule has 1 spiro atoms. The van der Waals surface area contributed by atoms with E-state index in [1.807, 2.05) is 0 Å². The molecule has 34 heavy (non-hydrogen) atoms. The molecule has 5 fully saturated rings. The van der Waals surface area contributed by atoms with Crippen LogP contribution in [-0.4, -0.2) is 36.4 Å². The Kier molecular flexibility index (Phi) is 5.22. The van der Waals surface area contributed by atoms with E-state index in [9.17, 15) is 9.59 Å². The van der Waals surface area contributed by atoms with Crippen molar-refractivity contribution in [1.82, 2.24) is 0 Å². The second-order valence-corrected chi connectivity index (χ2v) is 13.1. The molecule has 0 unspecified atom stereocenters. The molecule has 11 atom stereocenters. The Balaban J connectivity index is 1.29. The quantitative estimate of drug-likeness (QED) is 0.476. The zero-order valence-electron chi connectivity index (χ0n) is 21.6. The monoisotopic (exact) mass is 470 g/mol. The first-order chi connectivity index (χ1) is 16.1. The molecule has 2 aliphatic heterocycles. The van der Waals surface area contributed by atoms with Gasteiger partial charge in [0.05, 0.1) is 12.7 Å². The van der Waals surface area contributed by atoms with Gasteiger partial charge in [-0.05, 0) is 80.1 Å². The van der Waals surface area contributed by atoms with E-state index in [4.69, 9.17) is 14.2 Å². The number of allylic oxidation sites excluding steroid dienone is 2. The van der Waals surface area contributed by atoms with Crippen LogP contribution >= 0.6 is 0 Å². The van der Waals surface area contributed by atoms with Gasteiger partial charge in [-0.15, -0.1) is 0 Å². The van der Waals surface area contributed by atoms with Gasteiger partial charge in [-0.25, -0.2) is 0 Å². The fourth-order valence-electron chi connectivity index (χ4n) is 9.61. The molecule has 4 aliphatic carbocycles. The summed E-state index contributed by atoms with van der Waals surface area (Å²) in [5.41, 5.74) is 1.10. The molecule has 0 aromatic carbocycles. The van der Waals surface area contributed by atoms with Gasteiger partial charge in [0.15, 0.2) is 11.6 Å². The van der Waals surface area contributed by atoms with E-state index in [-0.39, 0.29) is 40.8 Å². The van der Waals surface area contributed by atoms with Crippen LogP contribution in [0.15, 0.2) is 11.6 Å². The van der Waals surface area contributed by atoms with E-state index >= 15 is 0 Å². The molecule has 5 heteroatoms. The SMILES string of the molecule is CC(=O)O[C@@H]1CC[C@]2(C)C3=CC(=O)[C@]4(C)[C@@H]5[C@H](C[C@@H]4[C@H]3CC[C@H]2C1)O[C@]1(CC[C@H](C)CO1)[C@@H]5C. The van der Waals surface area contributed by atoms with Crippen molar-refractivity contribution in [1.29, 1.82) is 0 Å². The Bertz CT molecular complexity index is 915. The molecule has 2 heterocycles. The van der Waals surface area contributed by atoms with Gasteiger partial charge in [-0.1, -0.05) is 33.3 Å². The minimum absolute atomic E-state index is 0.0340. The normalized spacial score (nSPS) is 54.0. The minimum Gasteiger partial charge on any atom is -0.463 e. The molecule has 0 aromatic heterocycles. The zero-order chi connectivity index (χ0) is 24.0. The lowest BCUT2D eigenvalue weighted by Gasteiger charge is -2.56. The van der Waals surface area contributed by atoms with E-state index < -0.39 is 5.79 Å². The van der Waals surface area contributed by atoms with Crippen molar-refractivity contribution in [2.45, 2.75) is 104 Å². The highest BCUT2D eigenvalue weighted by Gasteiger charge is 2.70. The summed E-state index contributed by atoms with van der Waals surface area (Å²) in [5.74, 6) is 2.05. The molecule has 6 rings (SSSR count). The van der Waals surface area contributed by atoms with E-state index in [1.165, 1.54) is 12.5 Å². The maximum atomic E-state index is 14.0. The standard InChI is InChI=1S/C29H42O5/c1-16-8-11-29(32-15-16)17(2)26-24(34-29)13-23-21-7-6-19-12-20(33-18(3)30)9-10-27(19,4)22(21)14-25(31)28(23,26)5/h14,16-17,19-21,23-24,26H,6-13,15H2,1-5H3/t16-,17+,19-,20+,21-,23+,24-,26-,27-,28+,29+/m0/s1. The topological polar surface area (TPSA) is 61.8 Å². The Hall–Kier alpha value is -1.20. The average molecular weight is 471 g/mol. The van der Waals surface area contributed by atoms with E-state index in [0.717, 1.165) is 58.0 Å². The lowest BCUT2D eigenvalue weighted by atomic mass is 9.48. The predicted molar refractivity (Wildman–Crippen MR) is 128 cm³/mol. The van der Waals surface area contributed by atoms with Gasteiger partial charge in [0.2, 0.25) is 0 Å². The maximum absolute atomic E-state index is 14.0. The van der Waals surface area contributed by atoms with Gasteiger partial charge in [-0.3, -0.25) is 9.59 Å². The number of hydrogen-bond donors (Lipinski definition) is 0. The number of hydrogen-bond acceptors (Lipinski definition) is 5. The summed E-state index contributed by atoms with van der Waals surface area (Å²) < 4.78 is 18.8. The van der Waals surface area contributed by atoms with Crippen molar-refractivity contribution in [3.63, 3.8) is 0 Å². The number of carbonyl (C=O) groups excluding carboxylic acids is 2. The van der Waals surface area contributed by atoms with Crippen molar-refractivity contribution in [3.8, 4) is 0 Å². The molecule has 2 saturated heterocycles. The number of rotatable bonds is 1. The first-order valence-corrected chi connectivity index (χ1v) is 13.8. The lowest BCUT2D eigenvalue weighted by Crippen LogP contribution is -2.53. The molecular weight excluding hydrogens is 428 g/mol. The summed E-state index contributed by atoms with van der Waals surface area (Å²) in [6.45, 7) is 11.5. The number of carbonyl (C=O) groups is 2. The average Bonchev–Trinajstić information content (AvgIpc) is 3.23. The van der Waals surface area contributed by atoms with Gasteiger partial charge in [0.25, 0.3) is 0 Å². The van der Waals surface area contributed by atoms with Gasteiger partial charge in [-0.2, -0.15) is 0 Å². The summed E-state index contributed by atoms with van der Waals surface area (Å²) in [7, 11) is 0. The highest BCUT2D eigenvalue weighted by atomic mass is 16.7. The van der Waals surface area contributed by atoms with Crippen LogP contribution in [0.3, 0.4) is 0 Å². The van der Waals surface area contributed by atoms with Crippen LogP contribution in [0.5, 0.6) is 0 Å². The molecule has 0 aromatic rings. The summed E-state index contributed by atoms with van der Waals surface area (Å²) in [4.78, 5) is 25.6. The predicted octanol–water partition coefficient (Wildman–Crippen LogP) is 5.46. The van der Waals surface area contributed by atoms with Crippen LogP contribution < -0.4 is 0 Å². The second kappa shape index (κ2) is 7.65. The molecule has 0 amide bonds. The van der Waals surface area contributed by atoms with Crippen molar-refractivity contribution in [2.75, 3.05) is 6.61 Å². The summed E-state index contributed by atoms with van der Waals surface area (Å²) in [5, 5.41) is 0. The second-order valence-electron chi connectivity index (χ2n) is 13.1. The molecule has 0 bridgehead atoms. The minimum atomic E-state index is -0.487. The molecule has 3 saturated carbocycles. The van der Waals surface area contributed by atoms with Crippen molar-refractivity contribution in [2.24, 2.45) is 46.3 Å². The van der Waals surface area contributed by atoms with E-state index in [1.54, 1.807) is 0 Å². The Labute approximate surface area is 204 Å². The van der Waals surface area contributed by atoms with E-state index in [2.05, 4.69) is 33.8 Å². The Morgan fingerprint density at radius 3 is 2.59 bits per heavy atom. The largest absolute Gasteiger partial charge is 0.463 e. The van der Waals surface area contributed by atoms with Crippen LogP contribution in [0.1, 0.15) is 86.0 Å². The van der Waals surface area contributed by atoms with Crippen molar-refractivity contribution in [3.05, 3.63) is 11.6 Å². The van der Waals surface area contributed by atoms with Gasteiger partial charge in [0.1, 0.15) is 6.10 Å². The van der Waals surface area contributed by atoms with Gasteiger partial charge >= 0.3 is 5.97 Å². The molecule has 0 N–H and O–H groups in total. The Morgan fingerprint density at radius 1 is 1.09 bits per heavy atom. The lowest BCUT2D eigenvalue weighted by molar-refractivity contribution is -0.271. The van der Waals surface area contributed by atoms with Gasteiger partial charge in [0, 0.05) is 30.6 Å². The summed E-state index contributed by atoms with van der Waals surface area (Å²) in [6, 6.07) is 0. The third-order valence-corrected chi connectivity index (χ3v) is 11.5. The molecule has 5 nitrogen and oxygen atoms in total. The van der Waals surface area contributed by atoms with Crippen molar-refractivity contribution >= 4 is 11.8 Å². The molecule has 188 valence electrons. The number of fused-ring (bicyclic) bond motifs is 7. The molecule has 6 aliphatic rings. The summed E-state index contributed by atoms with van der Waals surface area (Å²) >= 11 is 0. The fraction of sp³-hybridized carbons (Fsp3) is 0.862. The first-order valence-electron chi connectivity index (χ1n) is 13.8. The number of esters is 1. The zero-order valence-corrected chi connectivity index (χ0v) is 21.6. The van der Waals surface area contributed by atoms with E-state index in [0.29, 0.717) is 29.5 Å². The third kappa shape index (κ3) is 3.04. The number of ketones is 1. The number of ether oxygens (including phenoxy) is 3. The fourth-order valence-corrected chi connectivity index (χ4v) is 9.61. The van der Waals surface area contributed by atoms with Crippen LogP contribution in [0, 0.1) is 46.3 Å². The van der Waals surface area contributed by atoms with Crippen LogP contribution in [0.2, 0.25) is 0 Å². The van der Waals surface area contributed by atoms with Crippen LogP contribution in [0.4, 0.5) is 0 Å². The third-order valence-electron chi connectivity index (χ3n) is 11.5.